The van der Waals surface area contributed by atoms with Crippen LogP contribution in [0.1, 0.15) is 31.7 Å². The highest BCUT2D eigenvalue weighted by Gasteiger charge is 2.22. The van der Waals surface area contributed by atoms with Gasteiger partial charge in [-0.15, -0.1) is 0 Å². The van der Waals surface area contributed by atoms with Gasteiger partial charge < -0.3 is 15.5 Å². The summed E-state index contributed by atoms with van der Waals surface area (Å²) in [5, 5.41) is 6.28. The fourth-order valence-electron chi connectivity index (χ4n) is 3.07. The summed E-state index contributed by atoms with van der Waals surface area (Å²) >= 11 is 0. The molecule has 2 N–H and O–H groups in total. The second-order valence-electron chi connectivity index (χ2n) is 6.37. The maximum Gasteiger partial charge on any atom is 0.241 e. The van der Waals surface area contributed by atoms with Crippen molar-refractivity contribution >= 4 is 11.9 Å². The predicted molar refractivity (Wildman–Crippen MR) is 99.1 cm³/mol. The summed E-state index contributed by atoms with van der Waals surface area (Å²) in [6.45, 7) is 4.99. The molecule has 1 aromatic rings. The van der Waals surface area contributed by atoms with Crippen LogP contribution in [0.25, 0.3) is 0 Å². The molecule has 132 valence electrons. The molecule has 1 fully saturated rings. The number of nitrogens with one attached hydrogen (secondary N) is 2. The van der Waals surface area contributed by atoms with E-state index < -0.39 is 0 Å². The number of rotatable bonds is 6. The molecule has 0 aliphatic carbocycles. The monoisotopic (exact) mass is 330 g/mol. The second-order valence-corrected chi connectivity index (χ2v) is 6.37. The van der Waals surface area contributed by atoms with E-state index in [1.54, 1.807) is 7.05 Å². The Hall–Kier alpha value is -2.04. The first-order valence-corrected chi connectivity index (χ1v) is 8.99. The molecule has 1 amide bonds. The van der Waals surface area contributed by atoms with Gasteiger partial charge in [0.15, 0.2) is 5.96 Å². The number of amides is 1. The number of benzene rings is 1. The highest BCUT2D eigenvalue weighted by Crippen LogP contribution is 2.21. The standard InChI is InChI=1S/C19H30N4O/c1-3-11-21-19(20-2)22-15-18(24)23-12-9-17(10-13-23)14-16-7-5-4-6-8-16/h4-8,17H,3,9-15H2,1-2H3,(H2,20,21,22). The SMILES string of the molecule is CCCNC(=NC)NCC(=O)N1CCC(Cc2ccccc2)CC1. The Kier molecular flexibility index (Phi) is 7.59. The first-order chi connectivity index (χ1) is 11.7. The molecule has 5 heteroatoms. The van der Waals surface area contributed by atoms with E-state index in [0.717, 1.165) is 45.3 Å². The molecule has 0 atom stereocenters. The van der Waals surface area contributed by atoms with Crippen LogP contribution in [0.4, 0.5) is 0 Å². The van der Waals surface area contributed by atoms with Gasteiger partial charge in [0, 0.05) is 26.7 Å². The summed E-state index contributed by atoms with van der Waals surface area (Å²) < 4.78 is 0. The lowest BCUT2D eigenvalue weighted by atomic mass is 9.90. The van der Waals surface area contributed by atoms with Gasteiger partial charge in [-0.05, 0) is 37.2 Å². The third-order valence-electron chi connectivity index (χ3n) is 4.51. The molecule has 0 saturated carbocycles. The third-order valence-corrected chi connectivity index (χ3v) is 4.51. The van der Waals surface area contributed by atoms with E-state index in [2.05, 4.69) is 52.9 Å². The molecule has 1 saturated heterocycles. The molecule has 0 aromatic heterocycles. The Morgan fingerprint density at radius 1 is 1.21 bits per heavy atom. The summed E-state index contributed by atoms with van der Waals surface area (Å²) in [5.74, 6) is 1.54. The number of hydrogen-bond acceptors (Lipinski definition) is 2. The maximum atomic E-state index is 12.3. The third kappa shape index (κ3) is 5.87. The fraction of sp³-hybridized carbons (Fsp3) is 0.579. The lowest BCUT2D eigenvalue weighted by Gasteiger charge is -2.32. The predicted octanol–water partition coefficient (Wildman–Crippen LogP) is 2.04. The zero-order valence-corrected chi connectivity index (χ0v) is 14.9. The van der Waals surface area contributed by atoms with Crippen LogP contribution in [0.2, 0.25) is 0 Å². The molecule has 2 rings (SSSR count). The highest BCUT2D eigenvalue weighted by atomic mass is 16.2. The van der Waals surface area contributed by atoms with Crippen molar-refractivity contribution in [1.29, 1.82) is 0 Å². The van der Waals surface area contributed by atoms with Gasteiger partial charge >= 0.3 is 0 Å². The van der Waals surface area contributed by atoms with Crippen molar-refractivity contribution in [1.82, 2.24) is 15.5 Å². The Bertz CT molecular complexity index is 521. The van der Waals surface area contributed by atoms with E-state index in [1.165, 1.54) is 5.56 Å². The summed E-state index contributed by atoms with van der Waals surface area (Å²) in [5.41, 5.74) is 1.40. The van der Waals surface area contributed by atoms with Gasteiger partial charge in [-0.1, -0.05) is 37.3 Å². The Morgan fingerprint density at radius 3 is 2.54 bits per heavy atom. The minimum absolute atomic E-state index is 0.160. The number of likely N-dealkylation sites (tertiary alicyclic amines) is 1. The number of nitrogens with zero attached hydrogens (tertiary/aromatic N) is 2. The van der Waals surface area contributed by atoms with Crippen LogP contribution in [0.5, 0.6) is 0 Å². The van der Waals surface area contributed by atoms with Crippen LogP contribution in [0.15, 0.2) is 35.3 Å². The van der Waals surface area contributed by atoms with Gasteiger partial charge in [-0.3, -0.25) is 9.79 Å². The molecule has 24 heavy (non-hydrogen) atoms. The quantitative estimate of drug-likeness (QED) is 0.620. The molecule has 1 heterocycles. The van der Waals surface area contributed by atoms with Crippen LogP contribution in [-0.4, -0.2) is 50.0 Å². The van der Waals surface area contributed by atoms with E-state index >= 15 is 0 Å². The van der Waals surface area contributed by atoms with Gasteiger partial charge in [0.2, 0.25) is 5.91 Å². The van der Waals surface area contributed by atoms with E-state index in [4.69, 9.17) is 0 Å². The van der Waals surface area contributed by atoms with Crippen LogP contribution >= 0.6 is 0 Å². The summed E-state index contributed by atoms with van der Waals surface area (Å²) in [4.78, 5) is 18.4. The number of guanidine groups is 1. The second kappa shape index (κ2) is 9.96. The fourth-order valence-corrected chi connectivity index (χ4v) is 3.07. The van der Waals surface area contributed by atoms with Crippen molar-refractivity contribution < 1.29 is 4.79 Å². The van der Waals surface area contributed by atoms with Crippen LogP contribution in [0, 0.1) is 5.92 Å². The van der Waals surface area contributed by atoms with Crippen LogP contribution in [-0.2, 0) is 11.2 Å². The van der Waals surface area contributed by atoms with Crippen molar-refractivity contribution in [2.45, 2.75) is 32.6 Å². The van der Waals surface area contributed by atoms with Crippen LogP contribution < -0.4 is 10.6 Å². The zero-order valence-electron chi connectivity index (χ0n) is 14.9. The molecule has 1 aromatic carbocycles. The molecule has 0 radical (unpaired) electrons. The van der Waals surface area contributed by atoms with E-state index in [-0.39, 0.29) is 5.91 Å². The average molecular weight is 330 g/mol. The van der Waals surface area contributed by atoms with Gasteiger partial charge in [0.05, 0.1) is 6.54 Å². The van der Waals surface area contributed by atoms with Gasteiger partial charge in [-0.2, -0.15) is 0 Å². The Balaban J connectivity index is 1.70. The smallest absolute Gasteiger partial charge is 0.241 e. The van der Waals surface area contributed by atoms with E-state index in [9.17, 15) is 4.79 Å². The van der Waals surface area contributed by atoms with Gasteiger partial charge in [0.25, 0.3) is 0 Å². The summed E-state index contributed by atoms with van der Waals surface area (Å²) in [7, 11) is 1.73. The van der Waals surface area contributed by atoms with Crippen molar-refractivity contribution in [3.8, 4) is 0 Å². The summed E-state index contributed by atoms with van der Waals surface area (Å²) in [6.07, 6.45) is 4.32. The molecular weight excluding hydrogens is 300 g/mol. The van der Waals surface area contributed by atoms with Gasteiger partial charge in [-0.25, -0.2) is 0 Å². The largest absolute Gasteiger partial charge is 0.356 e. The zero-order chi connectivity index (χ0) is 17.2. The van der Waals surface area contributed by atoms with Crippen LogP contribution in [0.3, 0.4) is 0 Å². The molecule has 0 bridgehead atoms. The van der Waals surface area contributed by atoms with Crippen molar-refractivity contribution in [2.24, 2.45) is 10.9 Å². The Labute approximate surface area is 145 Å². The first-order valence-electron chi connectivity index (χ1n) is 8.99. The molecule has 1 aliphatic heterocycles. The highest BCUT2D eigenvalue weighted by molar-refractivity contribution is 5.86. The lowest BCUT2D eigenvalue weighted by Crippen LogP contribution is -2.47. The first kappa shape index (κ1) is 18.3. The minimum Gasteiger partial charge on any atom is -0.356 e. The lowest BCUT2D eigenvalue weighted by molar-refractivity contribution is -0.131. The van der Waals surface area contributed by atoms with E-state index in [1.807, 2.05) is 4.90 Å². The van der Waals surface area contributed by atoms with Crippen molar-refractivity contribution in [3.05, 3.63) is 35.9 Å². The topological polar surface area (TPSA) is 56.7 Å². The molecule has 1 aliphatic rings. The number of carbonyl (C=O) groups excluding carboxylic acids is 1. The van der Waals surface area contributed by atoms with Crippen molar-refractivity contribution in [3.63, 3.8) is 0 Å². The van der Waals surface area contributed by atoms with E-state index in [0.29, 0.717) is 18.4 Å². The maximum absolute atomic E-state index is 12.3. The molecular formula is C19H30N4O. The molecule has 0 unspecified atom stereocenters. The Morgan fingerprint density at radius 2 is 1.92 bits per heavy atom. The number of aliphatic imine (C=N–C) groups is 1. The number of hydrogen-bond donors (Lipinski definition) is 2. The minimum atomic E-state index is 0.160. The summed E-state index contributed by atoms with van der Waals surface area (Å²) in [6, 6.07) is 10.6. The number of carbonyl (C=O) groups is 1. The normalized spacial score (nSPS) is 16.1. The molecule has 5 nitrogen and oxygen atoms in total. The van der Waals surface area contributed by atoms with Gasteiger partial charge in [0.1, 0.15) is 0 Å². The number of piperidine rings is 1. The average Bonchev–Trinajstić information content (AvgIpc) is 2.63. The molecule has 0 spiro atoms. The van der Waals surface area contributed by atoms with Crippen molar-refractivity contribution in [2.75, 3.05) is 33.2 Å².